The summed E-state index contributed by atoms with van der Waals surface area (Å²) in [6.07, 6.45) is 1.56. The highest BCUT2D eigenvalue weighted by molar-refractivity contribution is 7.21. The predicted octanol–water partition coefficient (Wildman–Crippen LogP) is 4.71. The molecule has 0 saturated carbocycles. The van der Waals surface area contributed by atoms with E-state index in [2.05, 4.69) is 39.1 Å². The van der Waals surface area contributed by atoms with Gasteiger partial charge in [0.15, 0.2) is 5.13 Å². The number of fused-ring (bicyclic) bond motifs is 1. The molecular formula is C18H16FN5S. The molecule has 2 N–H and O–H groups in total. The van der Waals surface area contributed by atoms with E-state index < -0.39 is 0 Å². The fourth-order valence-corrected chi connectivity index (χ4v) is 3.60. The third-order valence-electron chi connectivity index (χ3n) is 3.69. The van der Waals surface area contributed by atoms with Crippen molar-refractivity contribution in [1.29, 1.82) is 0 Å². The van der Waals surface area contributed by atoms with Gasteiger partial charge in [-0.3, -0.25) is 0 Å². The van der Waals surface area contributed by atoms with Gasteiger partial charge in [0.2, 0.25) is 0 Å². The molecule has 0 amide bonds. The normalized spacial score (nSPS) is 11.4. The lowest BCUT2D eigenvalue weighted by atomic mass is 10.1. The zero-order chi connectivity index (χ0) is 17.4. The topological polar surface area (TPSA) is 66.5 Å². The molecule has 0 atom stereocenters. The van der Waals surface area contributed by atoms with E-state index in [1.807, 2.05) is 12.1 Å². The van der Waals surface area contributed by atoms with Gasteiger partial charge in [-0.05, 0) is 38.1 Å². The van der Waals surface area contributed by atoms with E-state index >= 15 is 0 Å². The summed E-state index contributed by atoms with van der Waals surface area (Å²) in [7, 11) is 0. The van der Waals surface area contributed by atoms with Gasteiger partial charge < -0.3 is 10.3 Å². The van der Waals surface area contributed by atoms with E-state index in [9.17, 15) is 4.39 Å². The van der Waals surface area contributed by atoms with Crippen LogP contribution >= 0.6 is 11.3 Å². The number of aromatic amines is 1. The standard InChI is InChI=1S/C18H16FN5S/c1-10(2)22-18-24-14-8-7-13(23-17(14)25-18)16-15(20-9-21-16)11-5-3-4-6-12(11)19/h3-10H,1-2H3,(H,20,21)(H,22,24). The highest BCUT2D eigenvalue weighted by Crippen LogP contribution is 2.32. The molecule has 0 aliphatic heterocycles. The van der Waals surface area contributed by atoms with Crippen LogP contribution in [0.4, 0.5) is 9.52 Å². The smallest absolute Gasteiger partial charge is 0.185 e. The van der Waals surface area contributed by atoms with Crippen molar-refractivity contribution in [1.82, 2.24) is 19.9 Å². The molecule has 3 aromatic heterocycles. The number of nitrogens with one attached hydrogen (secondary N) is 2. The van der Waals surface area contributed by atoms with Crippen molar-refractivity contribution in [2.75, 3.05) is 5.32 Å². The first-order valence-electron chi connectivity index (χ1n) is 7.94. The Morgan fingerprint density at radius 2 is 1.96 bits per heavy atom. The molecule has 4 rings (SSSR count). The van der Waals surface area contributed by atoms with E-state index in [-0.39, 0.29) is 5.82 Å². The quantitative estimate of drug-likeness (QED) is 0.558. The van der Waals surface area contributed by atoms with Gasteiger partial charge in [-0.1, -0.05) is 23.5 Å². The van der Waals surface area contributed by atoms with Gasteiger partial charge in [-0.25, -0.2) is 19.3 Å². The minimum absolute atomic E-state index is 0.306. The number of rotatable bonds is 4. The van der Waals surface area contributed by atoms with Crippen LogP contribution in [0.2, 0.25) is 0 Å². The minimum atomic E-state index is -0.307. The number of hydrogen-bond acceptors (Lipinski definition) is 5. The van der Waals surface area contributed by atoms with Crippen molar-refractivity contribution in [2.45, 2.75) is 19.9 Å². The van der Waals surface area contributed by atoms with Crippen LogP contribution < -0.4 is 5.32 Å². The average Bonchev–Trinajstić information content (AvgIpc) is 3.19. The Labute approximate surface area is 148 Å². The van der Waals surface area contributed by atoms with Gasteiger partial charge in [0.1, 0.15) is 21.9 Å². The average molecular weight is 353 g/mol. The molecule has 3 heterocycles. The number of H-pyrrole nitrogens is 1. The maximum absolute atomic E-state index is 14.1. The number of nitrogens with zero attached hydrogens (tertiary/aromatic N) is 3. The molecule has 0 fully saturated rings. The molecule has 25 heavy (non-hydrogen) atoms. The van der Waals surface area contributed by atoms with Crippen LogP contribution in [0.3, 0.4) is 0 Å². The van der Waals surface area contributed by atoms with Crippen LogP contribution in [-0.4, -0.2) is 26.0 Å². The Bertz CT molecular complexity index is 1040. The van der Waals surface area contributed by atoms with Crippen LogP contribution in [0, 0.1) is 5.82 Å². The minimum Gasteiger partial charge on any atom is -0.359 e. The molecule has 7 heteroatoms. The van der Waals surface area contributed by atoms with Gasteiger partial charge in [-0.2, -0.15) is 0 Å². The molecule has 5 nitrogen and oxygen atoms in total. The summed E-state index contributed by atoms with van der Waals surface area (Å²) in [5.74, 6) is -0.307. The molecule has 4 aromatic rings. The number of benzene rings is 1. The van der Waals surface area contributed by atoms with Gasteiger partial charge in [0.05, 0.1) is 17.7 Å². The number of anilines is 1. The van der Waals surface area contributed by atoms with Gasteiger partial charge >= 0.3 is 0 Å². The summed E-state index contributed by atoms with van der Waals surface area (Å²) in [6.45, 7) is 4.13. The van der Waals surface area contributed by atoms with Crippen molar-refractivity contribution in [3.8, 4) is 22.6 Å². The van der Waals surface area contributed by atoms with Gasteiger partial charge in [-0.15, -0.1) is 0 Å². The van der Waals surface area contributed by atoms with E-state index in [0.717, 1.165) is 15.5 Å². The third-order valence-corrected chi connectivity index (χ3v) is 4.59. The first kappa shape index (κ1) is 15.7. The van der Waals surface area contributed by atoms with Crippen LogP contribution in [0.25, 0.3) is 33.0 Å². The van der Waals surface area contributed by atoms with Crippen molar-refractivity contribution < 1.29 is 4.39 Å². The molecule has 0 aliphatic carbocycles. The summed E-state index contributed by atoms with van der Waals surface area (Å²) >= 11 is 1.50. The maximum Gasteiger partial charge on any atom is 0.185 e. The molecule has 0 spiro atoms. The molecule has 1 aromatic carbocycles. The highest BCUT2D eigenvalue weighted by Gasteiger charge is 2.16. The van der Waals surface area contributed by atoms with Crippen LogP contribution in [0.1, 0.15) is 13.8 Å². The van der Waals surface area contributed by atoms with Crippen molar-refractivity contribution in [3.05, 3.63) is 48.5 Å². The molecular weight excluding hydrogens is 337 g/mol. The zero-order valence-corrected chi connectivity index (χ0v) is 14.6. The fourth-order valence-electron chi connectivity index (χ4n) is 2.61. The van der Waals surface area contributed by atoms with E-state index in [1.165, 1.54) is 17.4 Å². The number of pyridine rings is 1. The SMILES string of the molecule is CC(C)Nc1nc2ccc(-c3[nH]cnc3-c3ccccc3F)nc2s1. The Balaban J connectivity index is 1.78. The molecule has 0 bridgehead atoms. The number of imidazole rings is 1. The lowest BCUT2D eigenvalue weighted by Gasteiger charge is -2.04. The second kappa shape index (κ2) is 6.25. The summed E-state index contributed by atoms with van der Waals surface area (Å²) in [6, 6.07) is 10.7. The molecule has 126 valence electrons. The summed E-state index contributed by atoms with van der Waals surface area (Å²) in [5.41, 5.74) is 3.24. The number of hydrogen-bond donors (Lipinski definition) is 2. The van der Waals surface area contributed by atoms with E-state index in [0.29, 0.717) is 28.7 Å². The largest absolute Gasteiger partial charge is 0.359 e. The lowest BCUT2D eigenvalue weighted by Crippen LogP contribution is -2.08. The Morgan fingerprint density at radius 1 is 1.12 bits per heavy atom. The van der Waals surface area contributed by atoms with Crippen molar-refractivity contribution in [2.24, 2.45) is 0 Å². The zero-order valence-electron chi connectivity index (χ0n) is 13.7. The van der Waals surface area contributed by atoms with Crippen molar-refractivity contribution in [3.63, 3.8) is 0 Å². The molecule has 0 aliphatic rings. The van der Waals surface area contributed by atoms with E-state index in [1.54, 1.807) is 24.5 Å². The highest BCUT2D eigenvalue weighted by atomic mass is 32.1. The predicted molar refractivity (Wildman–Crippen MR) is 99.1 cm³/mol. The van der Waals surface area contributed by atoms with Crippen LogP contribution in [0.5, 0.6) is 0 Å². The first-order valence-corrected chi connectivity index (χ1v) is 8.76. The third kappa shape index (κ3) is 2.98. The summed E-state index contributed by atoms with van der Waals surface area (Å²) in [4.78, 5) is 17.4. The Hall–Kier alpha value is -2.80. The van der Waals surface area contributed by atoms with Gasteiger partial charge in [0.25, 0.3) is 0 Å². The number of aromatic nitrogens is 4. The Morgan fingerprint density at radius 3 is 2.76 bits per heavy atom. The second-order valence-electron chi connectivity index (χ2n) is 5.94. The molecule has 0 saturated heterocycles. The summed E-state index contributed by atoms with van der Waals surface area (Å²) < 4.78 is 14.1. The van der Waals surface area contributed by atoms with E-state index in [4.69, 9.17) is 0 Å². The van der Waals surface area contributed by atoms with Crippen LogP contribution in [0.15, 0.2) is 42.7 Å². The fraction of sp³-hybridized carbons (Fsp3) is 0.167. The molecule has 0 radical (unpaired) electrons. The number of thiazole rings is 1. The van der Waals surface area contributed by atoms with Gasteiger partial charge in [0, 0.05) is 11.6 Å². The first-order chi connectivity index (χ1) is 12.1. The summed E-state index contributed by atoms with van der Waals surface area (Å²) in [5, 5.41) is 4.13. The number of halogens is 1. The lowest BCUT2D eigenvalue weighted by molar-refractivity contribution is 0.631. The van der Waals surface area contributed by atoms with Crippen LogP contribution in [-0.2, 0) is 0 Å². The maximum atomic E-state index is 14.1. The molecule has 0 unspecified atom stereocenters. The van der Waals surface area contributed by atoms with Crippen molar-refractivity contribution >= 4 is 26.8 Å². The Kier molecular flexibility index (Phi) is 3.93. The monoisotopic (exact) mass is 353 g/mol. The second-order valence-corrected chi connectivity index (χ2v) is 6.92.